The summed E-state index contributed by atoms with van der Waals surface area (Å²) in [5.41, 5.74) is 4.86. The van der Waals surface area contributed by atoms with Gasteiger partial charge in [-0.2, -0.15) is 0 Å². The van der Waals surface area contributed by atoms with Crippen LogP contribution < -0.4 is 5.32 Å². The molecule has 7 heteroatoms. The van der Waals surface area contributed by atoms with Crippen molar-refractivity contribution in [2.24, 2.45) is 0 Å². The Morgan fingerprint density at radius 3 is 2.47 bits per heavy atom. The van der Waals surface area contributed by atoms with Crippen LogP contribution in [-0.2, 0) is 17.8 Å². The van der Waals surface area contributed by atoms with Gasteiger partial charge >= 0.3 is 6.03 Å². The summed E-state index contributed by atoms with van der Waals surface area (Å²) < 4.78 is 0. The van der Waals surface area contributed by atoms with Gasteiger partial charge < -0.3 is 20.1 Å². The quantitative estimate of drug-likeness (QED) is 0.218. The first-order valence-electron chi connectivity index (χ1n) is 13.1. The number of rotatable bonds is 11. The lowest BCUT2D eigenvalue weighted by molar-refractivity contribution is -0.132. The van der Waals surface area contributed by atoms with E-state index in [-0.39, 0.29) is 18.5 Å². The number of aromatic amines is 1. The number of unbranched alkanes of at least 4 members (excludes halogenated alkanes) is 1. The molecule has 0 radical (unpaired) electrons. The molecule has 0 fully saturated rings. The number of hydrogen-bond donors (Lipinski definition) is 2. The van der Waals surface area contributed by atoms with Crippen molar-refractivity contribution in [3.8, 4) is 0 Å². The lowest BCUT2D eigenvalue weighted by Crippen LogP contribution is -2.45. The van der Waals surface area contributed by atoms with E-state index in [0.717, 1.165) is 29.5 Å². The van der Waals surface area contributed by atoms with Gasteiger partial charge in [0.25, 0.3) is 0 Å². The van der Waals surface area contributed by atoms with Crippen LogP contribution in [-0.4, -0.2) is 46.4 Å². The zero-order valence-electron chi connectivity index (χ0n) is 22.0. The largest absolute Gasteiger partial charge is 0.361 e. The van der Waals surface area contributed by atoms with E-state index < -0.39 is 0 Å². The first-order chi connectivity index (χ1) is 18.4. The molecule has 6 nitrogen and oxygen atoms in total. The molecule has 1 aromatic heterocycles. The van der Waals surface area contributed by atoms with Crippen LogP contribution in [0.3, 0.4) is 0 Å². The van der Waals surface area contributed by atoms with Gasteiger partial charge in [0.2, 0.25) is 5.91 Å². The molecule has 2 N–H and O–H groups in total. The summed E-state index contributed by atoms with van der Waals surface area (Å²) in [6.07, 6.45) is 4.46. The molecule has 38 heavy (non-hydrogen) atoms. The number of nitrogens with one attached hydrogen (secondary N) is 2. The third-order valence-electron chi connectivity index (χ3n) is 6.71. The first kappa shape index (κ1) is 27.3. The highest BCUT2D eigenvalue weighted by atomic mass is 35.5. The molecule has 0 saturated carbocycles. The minimum atomic E-state index is -0.303. The van der Waals surface area contributed by atoms with Crippen LogP contribution in [0.5, 0.6) is 0 Å². The molecule has 0 spiro atoms. The first-order valence-corrected chi connectivity index (χ1v) is 13.5. The molecule has 0 saturated heterocycles. The average Bonchev–Trinajstić information content (AvgIpc) is 3.34. The fourth-order valence-electron chi connectivity index (χ4n) is 4.43. The topological polar surface area (TPSA) is 68.4 Å². The summed E-state index contributed by atoms with van der Waals surface area (Å²) in [6.45, 7) is 5.52. The van der Waals surface area contributed by atoms with Crippen LogP contribution in [0.25, 0.3) is 10.9 Å². The molecule has 0 atom stereocenters. The van der Waals surface area contributed by atoms with E-state index in [9.17, 15) is 9.59 Å². The standard InChI is InChI=1S/C31H35ClN4O2/c1-3-4-17-36(31(38)34-26-15-14-23(2)28(32)19-26)22-30(37)35(21-24-10-6-5-7-11-24)18-16-25-20-33-29-13-9-8-12-27(25)29/h5-15,19-20,33H,3-4,16-18,21-22H2,1-2H3,(H,34,38). The Labute approximate surface area is 229 Å². The number of fused-ring (bicyclic) bond motifs is 1. The summed E-state index contributed by atoms with van der Waals surface area (Å²) in [4.78, 5) is 33.7. The van der Waals surface area contributed by atoms with Crippen molar-refractivity contribution < 1.29 is 9.59 Å². The maximum atomic E-state index is 13.7. The van der Waals surface area contributed by atoms with E-state index in [4.69, 9.17) is 11.6 Å². The molecule has 4 aromatic rings. The minimum Gasteiger partial charge on any atom is -0.361 e. The van der Waals surface area contributed by atoms with Crippen LogP contribution in [0.15, 0.2) is 79.0 Å². The zero-order chi connectivity index (χ0) is 26.9. The number of aryl methyl sites for hydroxylation is 1. The minimum absolute atomic E-state index is 0.00610. The van der Waals surface area contributed by atoms with Crippen LogP contribution in [0, 0.1) is 6.92 Å². The number of benzene rings is 3. The van der Waals surface area contributed by atoms with E-state index in [1.165, 1.54) is 10.9 Å². The number of nitrogens with zero attached hydrogens (tertiary/aromatic N) is 2. The summed E-state index contributed by atoms with van der Waals surface area (Å²) in [5, 5.41) is 4.67. The van der Waals surface area contributed by atoms with Gasteiger partial charge in [-0.1, -0.05) is 79.5 Å². The van der Waals surface area contributed by atoms with Crippen LogP contribution in [0.4, 0.5) is 10.5 Å². The average molecular weight is 531 g/mol. The van der Waals surface area contributed by atoms with Crippen molar-refractivity contribution in [1.82, 2.24) is 14.8 Å². The van der Waals surface area contributed by atoms with Crippen molar-refractivity contribution in [3.05, 3.63) is 101 Å². The number of carbonyl (C=O) groups is 2. The van der Waals surface area contributed by atoms with Crippen molar-refractivity contribution in [3.63, 3.8) is 0 Å². The number of amides is 3. The van der Waals surface area contributed by atoms with Crippen molar-refractivity contribution in [2.75, 3.05) is 25.0 Å². The zero-order valence-corrected chi connectivity index (χ0v) is 22.8. The number of H-pyrrole nitrogens is 1. The molecule has 3 aromatic carbocycles. The van der Waals surface area contributed by atoms with Gasteiger partial charge in [0, 0.05) is 47.4 Å². The molecule has 4 rings (SSSR count). The van der Waals surface area contributed by atoms with Crippen molar-refractivity contribution in [1.29, 1.82) is 0 Å². The Morgan fingerprint density at radius 1 is 0.947 bits per heavy atom. The smallest absolute Gasteiger partial charge is 0.322 e. The number of para-hydroxylation sites is 1. The Bertz CT molecular complexity index is 1370. The Balaban J connectivity index is 1.49. The molecule has 0 aliphatic rings. The molecule has 0 unspecified atom stereocenters. The lowest BCUT2D eigenvalue weighted by Gasteiger charge is -2.28. The molecular formula is C31H35ClN4O2. The number of halogens is 1. The molecule has 1 heterocycles. The third kappa shape index (κ3) is 7.17. The molecule has 0 aliphatic carbocycles. The summed E-state index contributed by atoms with van der Waals surface area (Å²) in [7, 11) is 0. The Hall–Kier alpha value is -3.77. The summed E-state index contributed by atoms with van der Waals surface area (Å²) >= 11 is 6.25. The second kappa shape index (κ2) is 13.2. The van der Waals surface area contributed by atoms with Gasteiger partial charge in [-0.3, -0.25) is 4.79 Å². The third-order valence-corrected chi connectivity index (χ3v) is 7.12. The Morgan fingerprint density at radius 2 is 1.71 bits per heavy atom. The van der Waals surface area contributed by atoms with Crippen molar-refractivity contribution in [2.45, 2.75) is 39.7 Å². The van der Waals surface area contributed by atoms with Gasteiger partial charge in [-0.05, 0) is 54.7 Å². The predicted molar refractivity (Wildman–Crippen MR) is 156 cm³/mol. The lowest BCUT2D eigenvalue weighted by atomic mass is 10.1. The molecule has 3 amide bonds. The van der Waals surface area contributed by atoms with Gasteiger partial charge in [-0.15, -0.1) is 0 Å². The van der Waals surface area contributed by atoms with E-state index in [2.05, 4.69) is 29.4 Å². The fourth-order valence-corrected chi connectivity index (χ4v) is 4.61. The molecule has 198 valence electrons. The highest BCUT2D eigenvalue weighted by Crippen LogP contribution is 2.21. The number of urea groups is 1. The SMILES string of the molecule is CCCCN(CC(=O)N(CCc1c[nH]c2ccccc12)Cc1ccccc1)C(=O)Nc1ccc(C)c(Cl)c1. The monoisotopic (exact) mass is 530 g/mol. The van der Waals surface area contributed by atoms with Gasteiger partial charge in [0.15, 0.2) is 0 Å². The maximum Gasteiger partial charge on any atom is 0.322 e. The van der Waals surface area contributed by atoms with Gasteiger partial charge in [0.1, 0.15) is 6.54 Å². The maximum absolute atomic E-state index is 13.7. The number of carbonyl (C=O) groups excluding carboxylic acids is 2. The van der Waals surface area contributed by atoms with Crippen molar-refractivity contribution >= 4 is 40.1 Å². The normalized spacial score (nSPS) is 10.9. The van der Waals surface area contributed by atoms with Gasteiger partial charge in [0.05, 0.1) is 0 Å². The molecule has 0 bridgehead atoms. The number of anilines is 1. The molecular weight excluding hydrogens is 496 g/mol. The highest BCUT2D eigenvalue weighted by Gasteiger charge is 2.22. The molecule has 0 aliphatic heterocycles. The van der Waals surface area contributed by atoms with E-state index >= 15 is 0 Å². The predicted octanol–water partition coefficient (Wildman–Crippen LogP) is 7.04. The number of aromatic nitrogens is 1. The van der Waals surface area contributed by atoms with Crippen LogP contribution in [0.2, 0.25) is 5.02 Å². The van der Waals surface area contributed by atoms with Crippen LogP contribution >= 0.6 is 11.6 Å². The summed E-state index contributed by atoms with van der Waals surface area (Å²) in [6, 6.07) is 23.3. The highest BCUT2D eigenvalue weighted by molar-refractivity contribution is 6.31. The van der Waals surface area contributed by atoms with E-state index in [1.54, 1.807) is 11.0 Å². The number of hydrogen-bond acceptors (Lipinski definition) is 2. The van der Waals surface area contributed by atoms with Gasteiger partial charge in [-0.25, -0.2) is 4.79 Å². The Kier molecular flexibility index (Phi) is 9.44. The van der Waals surface area contributed by atoms with Crippen LogP contribution in [0.1, 0.15) is 36.5 Å². The second-order valence-electron chi connectivity index (χ2n) is 9.58. The second-order valence-corrected chi connectivity index (χ2v) is 9.99. The van der Waals surface area contributed by atoms with E-state index in [1.807, 2.05) is 72.6 Å². The summed E-state index contributed by atoms with van der Waals surface area (Å²) in [5.74, 6) is -0.0816. The van der Waals surface area contributed by atoms with E-state index in [0.29, 0.717) is 36.8 Å². The fraction of sp³-hybridized carbons (Fsp3) is 0.290.